The van der Waals surface area contributed by atoms with Crippen molar-refractivity contribution < 1.29 is 8.42 Å². The van der Waals surface area contributed by atoms with Crippen molar-refractivity contribution in [2.24, 2.45) is 5.41 Å². The normalized spacial score (nSPS) is 20.2. The molecule has 0 aromatic heterocycles. The second-order valence-electron chi connectivity index (χ2n) is 3.99. The molecule has 1 aliphatic rings. The van der Waals surface area contributed by atoms with Crippen LogP contribution in [0.1, 0.15) is 39.5 Å². The molecule has 0 unspecified atom stereocenters. The lowest BCUT2D eigenvalue weighted by Crippen LogP contribution is -2.31. The summed E-state index contributed by atoms with van der Waals surface area (Å²) < 4.78 is 25.3. The van der Waals surface area contributed by atoms with Gasteiger partial charge in [0.2, 0.25) is 10.0 Å². The van der Waals surface area contributed by atoms with E-state index in [0.717, 1.165) is 6.42 Å². The summed E-state index contributed by atoms with van der Waals surface area (Å²) in [5, 5.41) is 0. The van der Waals surface area contributed by atoms with E-state index in [1.54, 1.807) is 0 Å². The minimum absolute atomic E-state index is 0.257. The molecule has 1 rings (SSSR count). The topological polar surface area (TPSA) is 46.2 Å². The van der Waals surface area contributed by atoms with Crippen LogP contribution in [0, 0.1) is 5.41 Å². The molecule has 1 aliphatic carbocycles. The number of hydrogen-bond acceptors (Lipinski definition) is 2. The Kier molecular flexibility index (Phi) is 3.35. The Hall–Kier alpha value is -0.0900. The van der Waals surface area contributed by atoms with Gasteiger partial charge in [0.15, 0.2) is 0 Å². The summed E-state index contributed by atoms with van der Waals surface area (Å²) in [5.41, 5.74) is 0.306. The monoisotopic (exact) mass is 205 g/mol. The largest absolute Gasteiger partial charge is 0.215 e. The van der Waals surface area contributed by atoms with Crippen LogP contribution in [0.4, 0.5) is 0 Å². The zero-order chi connectivity index (χ0) is 9.95. The average Bonchev–Trinajstić information content (AvgIpc) is 2.82. The molecular formula is C9H19NO2S. The summed E-state index contributed by atoms with van der Waals surface area (Å²) in [6.45, 7) is 4.65. The van der Waals surface area contributed by atoms with E-state index in [0.29, 0.717) is 18.4 Å². The number of hydrogen-bond donors (Lipinski definition) is 1. The van der Waals surface area contributed by atoms with Crippen molar-refractivity contribution in [2.45, 2.75) is 39.5 Å². The molecule has 0 aromatic rings. The van der Waals surface area contributed by atoms with Gasteiger partial charge in [-0.1, -0.05) is 13.8 Å². The van der Waals surface area contributed by atoms with Gasteiger partial charge in [0.25, 0.3) is 0 Å². The summed E-state index contributed by atoms with van der Waals surface area (Å²) in [6, 6.07) is 0. The van der Waals surface area contributed by atoms with Crippen LogP contribution in [0.2, 0.25) is 0 Å². The Morgan fingerprint density at radius 1 is 1.31 bits per heavy atom. The average molecular weight is 205 g/mol. The van der Waals surface area contributed by atoms with Crippen LogP contribution in [0.5, 0.6) is 0 Å². The second-order valence-corrected chi connectivity index (χ2v) is 5.92. The van der Waals surface area contributed by atoms with Crippen molar-refractivity contribution in [2.75, 3.05) is 12.3 Å². The zero-order valence-electron chi connectivity index (χ0n) is 8.47. The molecule has 0 heterocycles. The smallest absolute Gasteiger partial charge is 0.211 e. The summed E-state index contributed by atoms with van der Waals surface area (Å²) in [6.07, 6.45) is 4.13. The van der Waals surface area contributed by atoms with E-state index in [1.807, 2.05) is 6.92 Å². The summed E-state index contributed by atoms with van der Waals surface area (Å²) in [4.78, 5) is 0. The van der Waals surface area contributed by atoms with Crippen LogP contribution in [0.25, 0.3) is 0 Å². The number of sulfonamides is 1. The van der Waals surface area contributed by atoms with Crippen LogP contribution < -0.4 is 4.72 Å². The second kappa shape index (κ2) is 3.96. The van der Waals surface area contributed by atoms with Crippen molar-refractivity contribution in [3.8, 4) is 0 Å². The molecule has 0 saturated heterocycles. The summed E-state index contributed by atoms with van der Waals surface area (Å²) >= 11 is 0. The highest BCUT2D eigenvalue weighted by Crippen LogP contribution is 2.47. The fourth-order valence-corrected chi connectivity index (χ4v) is 2.64. The van der Waals surface area contributed by atoms with E-state index in [1.165, 1.54) is 12.8 Å². The van der Waals surface area contributed by atoms with E-state index >= 15 is 0 Å². The van der Waals surface area contributed by atoms with Gasteiger partial charge in [-0.25, -0.2) is 13.1 Å². The predicted molar refractivity (Wildman–Crippen MR) is 54.0 cm³/mol. The quantitative estimate of drug-likeness (QED) is 0.714. The molecule has 1 N–H and O–H groups in total. The van der Waals surface area contributed by atoms with Gasteiger partial charge in [-0.15, -0.1) is 0 Å². The lowest BCUT2D eigenvalue weighted by Gasteiger charge is -2.13. The van der Waals surface area contributed by atoms with E-state index in [4.69, 9.17) is 0 Å². The highest BCUT2D eigenvalue weighted by Gasteiger charge is 2.40. The van der Waals surface area contributed by atoms with Crippen LogP contribution in [0.15, 0.2) is 0 Å². The molecule has 1 fully saturated rings. The highest BCUT2D eigenvalue weighted by atomic mass is 32.2. The lowest BCUT2D eigenvalue weighted by molar-refractivity contribution is 0.475. The molecule has 0 atom stereocenters. The predicted octanol–water partition coefficient (Wildman–Crippen LogP) is 1.51. The maximum absolute atomic E-state index is 11.3. The van der Waals surface area contributed by atoms with E-state index < -0.39 is 10.0 Å². The lowest BCUT2D eigenvalue weighted by atomic mass is 10.1. The summed E-state index contributed by atoms with van der Waals surface area (Å²) in [5.74, 6) is 0.257. The maximum Gasteiger partial charge on any atom is 0.211 e. The van der Waals surface area contributed by atoms with Gasteiger partial charge in [-0.3, -0.25) is 0 Å². The fourth-order valence-electron chi connectivity index (χ4n) is 1.44. The van der Waals surface area contributed by atoms with E-state index in [2.05, 4.69) is 11.6 Å². The van der Waals surface area contributed by atoms with Crippen LogP contribution in [-0.4, -0.2) is 20.7 Å². The number of rotatable bonds is 6. The highest BCUT2D eigenvalue weighted by molar-refractivity contribution is 7.89. The summed E-state index contributed by atoms with van der Waals surface area (Å²) in [7, 11) is -2.98. The first kappa shape index (κ1) is 11.0. The third-order valence-electron chi connectivity index (χ3n) is 2.85. The van der Waals surface area contributed by atoms with Crippen LogP contribution in [-0.2, 0) is 10.0 Å². The van der Waals surface area contributed by atoms with Gasteiger partial charge in [0.05, 0.1) is 5.75 Å². The Morgan fingerprint density at radius 3 is 2.31 bits per heavy atom. The minimum atomic E-state index is -2.98. The minimum Gasteiger partial charge on any atom is -0.215 e. The first-order valence-corrected chi connectivity index (χ1v) is 6.66. The molecule has 0 aliphatic heterocycles. The molecule has 4 heteroatoms. The molecule has 0 amide bonds. The third kappa shape index (κ3) is 3.27. The van der Waals surface area contributed by atoms with Crippen LogP contribution >= 0.6 is 0 Å². The fraction of sp³-hybridized carbons (Fsp3) is 1.00. The molecule has 1 saturated carbocycles. The molecular weight excluding hydrogens is 186 g/mol. The number of nitrogens with one attached hydrogen (secondary N) is 1. The van der Waals surface area contributed by atoms with Gasteiger partial charge >= 0.3 is 0 Å². The van der Waals surface area contributed by atoms with Crippen molar-refractivity contribution in [3.63, 3.8) is 0 Å². The Morgan fingerprint density at radius 2 is 1.92 bits per heavy atom. The van der Waals surface area contributed by atoms with Crippen molar-refractivity contribution in [1.82, 2.24) is 4.72 Å². The molecule has 13 heavy (non-hydrogen) atoms. The standard InChI is InChI=1S/C9H19NO2S/c1-3-7-13(11,12)10-8-9(4-2)5-6-9/h10H,3-8H2,1-2H3. The van der Waals surface area contributed by atoms with Gasteiger partial charge in [-0.05, 0) is 31.1 Å². The molecule has 0 bridgehead atoms. The maximum atomic E-state index is 11.3. The van der Waals surface area contributed by atoms with Gasteiger partial charge < -0.3 is 0 Å². The van der Waals surface area contributed by atoms with E-state index in [9.17, 15) is 8.42 Å². The SMILES string of the molecule is CCCS(=O)(=O)NCC1(CC)CC1. The first-order chi connectivity index (χ1) is 6.04. The Bertz CT molecular complexity index is 255. The van der Waals surface area contributed by atoms with E-state index in [-0.39, 0.29) is 5.75 Å². The van der Waals surface area contributed by atoms with Crippen molar-refractivity contribution >= 4 is 10.0 Å². The molecule has 0 spiro atoms. The van der Waals surface area contributed by atoms with Crippen molar-refractivity contribution in [3.05, 3.63) is 0 Å². The van der Waals surface area contributed by atoms with Gasteiger partial charge in [0, 0.05) is 6.54 Å². The van der Waals surface area contributed by atoms with Gasteiger partial charge in [-0.2, -0.15) is 0 Å². The zero-order valence-corrected chi connectivity index (χ0v) is 9.28. The molecule has 78 valence electrons. The molecule has 0 radical (unpaired) electrons. The molecule has 3 nitrogen and oxygen atoms in total. The molecule has 0 aromatic carbocycles. The third-order valence-corrected chi connectivity index (χ3v) is 4.38. The first-order valence-electron chi connectivity index (χ1n) is 5.01. The van der Waals surface area contributed by atoms with Crippen LogP contribution in [0.3, 0.4) is 0 Å². The Balaban J connectivity index is 2.33. The van der Waals surface area contributed by atoms with Gasteiger partial charge in [0.1, 0.15) is 0 Å². The van der Waals surface area contributed by atoms with Crippen molar-refractivity contribution in [1.29, 1.82) is 0 Å². The Labute approximate surface area is 81.0 Å².